The van der Waals surface area contributed by atoms with Crippen LogP contribution in [0.3, 0.4) is 0 Å². The highest BCUT2D eigenvalue weighted by Gasteiger charge is 2.19. The van der Waals surface area contributed by atoms with Gasteiger partial charge in [0.2, 0.25) is 5.91 Å². The van der Waals surface area contributed by atoms with Crippen molar-refractivity contribution in [3.8, 4) is 5.75 Å². The number of likely N-dealkylation sites (N-methyl/N-ethyl adjacent to an activating group) is 1. The second kappa shape index (κ2) is 11.9. The maximum absolute atomic E-state index is 12.6. The van der Waals surface area contributed by atoms with Gasteiger partial charge in [0.25, 0.3) is 0 Å². The number of phenols is 1. The SMILES string of the molecule is CCN1CCN(c2ccc(NC(=O)CCc3ccc(O)c(C4CCCCCC4)c3)cc2Cl)CC1. The molecule has 0 aromatic heterocycles. The first-order valence-corrected chi connectivity index (χ1v) is 13.3. The molecular formula is C28H38ClN3O2. The number of amides is 1. The van der Waals surface area contributed by atoms with Gasteiger partial charge in [-0.1, -0.05) is 56.3 Å². The quantitative estimate of drug-likeness (QED) is 0.460. The molecule has 4 rings (SSSR count). The topological polar surface area (TPSA) is 55.8 Å². The molecule has 184 valence electrons. The molecule has 0 radical (unpaired) electrons. The van der Waals surface area contributed by atoms with E-state index in [1.165, 1.54) is 25.7 Å². The number of aryl methyl sites for hydroxylation is 1. The number of anilines is 2. The highest BCUT2D eigenvalue weighted by atomic mass is 35.5. The summed E-state index contributed by atoms with van der Waals surface area (Å²) >= 11 is 6.58. The Kier molecular flexibility index (Phi) is 8.74. The Hall–Kier alpha value is -2.24. The van der Waals surface area contributed by atoms with Gasteiger partial charge in [-0.25, -0.2) is 0 Å². The van der Waals surface area contributed by atoms with Gasteiger partial charge in [0, 0.05) is 38.3 Å². The van der Waals surface area contributed by atoms with Crippen LogP contribution in [0.5, 0.6) is 5.75 Å². The summed E-state index contributed by atoms with van der Waals surface area (Å²) in [5.41, 5.74) is 3.93. The Morgan fingerprint density at radius 3 is 2.44 bits per heavy atom. The Morgan fingerprint density at radius 1 is 1.03 bits per heavy atom. The predicted molar refractivity (Wildman–Crippen MR) is 141 cm³/mol. The molecule has 2 fully saturated rings. The number of nitrogens with zero attached hydrogens (tertiary/aromatic N) is 2. The molecule has 34 heavy (non-hydrogen) atoms. The monoisotopic (exact) mass is 483 g/mol. The number of nitrogens with one attached hydrogen (secondary N) is 1. The van der Waals surface area contributed by atoms with E-state index in [4.69, 9.17) is 11.6 Å². The molecule has 6 heteroatoms. The minimum absolute atomic E-state index is 0.0236. The van der Waals surface area contributed by atoms with Crippen molar-refractivity contribution < 1.29 is 9.90 Å². The van der Waals surface area contributed by atoms with E-state index >= 15 is 0 Å². The summed E-state index contributed by atoms with van der Waals surface area (Å²) in [4.78, 5) is 17.4. The van der Waals surface area contributed by atoms with Crippen molar-refractivity contribution in [2.45, 2.75) is 64.2 Å². The number of rotatable bonds is 7. The van der Waals surface area contributed by atoms with Crippen LogP contribution in [0.25, 0.3) is 0 Å². The number of aromatic hydroxyl groups is 1. The fourth-order valence-corrected chi connectivity index (χ4v) is 5.60. The van der Waals surface area contributed by atoms with Gasteiger partial charge in [-0.2, -0.15) is 0 Å². The molecule has 2 aromatic rings. The van der Waals surface area contributed by atoms with Gasteiger partial charge in [-0.15, -0.1) is 0 Å². The third-order valence-corrected chi connectivity index (χ3v) is 7.72. The van der Waals surface area contributed by atoms with Crippen molar-refractivity contribution in [1.82, 2.24) is 4.90 Å². The Morgan fingerprint density at radius 2 is 1.76 bits per heavy atom. The van der Waals surface area contributed by atoms with Gasteiger partial charge in [-0.05, 0) is 67.1 Å². The number of hydrogen-bond acceptors (Lipinski definition) is 4. The van der Waals surface area contributed by atoms with Crippen LogP contribution in [0.1, 0.15) is 68.9 Å². The first kappa shape index (κ1) is 24.9. The molecule has 0 bridgehead atoms. The molecule has 5 nitrogen and oxygen atoms in total. The summed E-state index contributed by atoms with van der Waals surface area (Å²) in [5, 5.41) is 14.1. The van der Waals surface area contributed by atoms with E-state index < -0.39 is 0 Å². The molecule has 1 saturated heterocycles. The van der Waals surface area contributed by atoms with Gasteiger partial charge < -0.3 is 20.2 Å². The summed E-state index contributed by atoms with van der Waals surface area (Å²) < 4.78 is 0. The minimum atomic E-state index is -0.0236. The lowest BCUT2D eigenvalue weighted by molar-refractivity contribution is -0.116. The minimum Gasteiger partial charge on any atom is -0.508 e. The van der Waals surface area contributed by atoms with Crippen molar-refractivity contribution in [3.63, 3.8) is 0 Å². The zero-order chi connectivity index (χ0) is 23.9. The summed E-state index contributed by atoms with van der Waals surface area (Å²) in [6.07, 6.45) is 8.37. The second-order valence-corrected chi connectivity index (χ2v) is 10.1. The molecule has 2 aliphatic rings. The van der Waals surface area contributed by atoms with E-state index in [0.717, 1.165) is 68.1 Å². The highest BCUT2D eigenvalue weighted by molar-refractivity contribution is 6.33. The van der Waals surface area contributed by atoms with E-state index in [9.17, 15) is 9.90 Å². The number of phenolic OH excluding ortho intramolecular Hbond substituents is 1. The van der Waals surface area contributed by atoms with E-state index in [0.29, 0.717) is 29.5 Å². The number of benzene rings is 2. The summed E-state index contributed by atoms with van der Waals surface area (Å²) in [6, 6.07) is 11.7. The fourth-order valence-electron chi connectivity index (χ4n) is 5.30. The first-order chi connectivity index (χ1) is 16.5. The van der Waals surface area contributed by atoms with Crippen molar-refractivity contribution >= 4 is 28.9 Å². The first-order valence-electron chi connectivity index (χ1n) is 12.9. The smallest absolute Gasteiger partial charge is 0.224 e. The van der Waals surface area contributed by atoms with E-state index in [1.54, 1.807) is 6.07 Å². The third kappa shape index (κ3) is 6.45. The van der Waals surface area contributed by atoms with Crippen LogP contribution in [-0.2, 0) is 11.2 Å². The zero-order valence-electron chi connectivity index (χ0n) is 20.4. The van der Waals surface area contributed by atoms with Crippen LogP contribution < -0.4 is 10.2 Å². The lowest BCUT2D eigenvalue weighted by Gasteiger charge is -2.36. The van der Waals surface area contributed by atoms with Crippen LogP contribution >= 0.6 is 11.6 Å². The maximum atomic E-state index is 12.6. The number of carbonyl (C=O) groups excluding carboxylic acids is 1. The summed E-state index contributed by atoms with van der Waals surface area (Å²) in [5.74, 6) is 0.803. The molecule has 2 N–H and O–H groups in total. The standard InChI is InChI=1S/C28H38ClN3O2/c1-2-31-15-17-32(18-16-31)26-12-11-23(20-25(26)29)30-28(34)14-10-21-9-13-27(33)24(19-21)22-7-5-3-4-6-8-22/h9,11-13,19-20,22,33H,2-8,10,14-18H2,1H3,(H,30,34). The molecule has 0 spiro atoms. The molecule has 1 aliphatic carbocycles. The van der Waals surface area contributed by atoms with Crippen LogP contribution in [0.2, 0.25) is 5.02 Å². The molecule has 1 amide bonds. The van der Waals surface area contributed by atoms with Crippen molar-refractivity contribution in [1.29, 1.82) is 0 Å². The van der Waals surface area contributed by atoms with E-state index in [-0.39, 0.29) is 5.91 Å². The van der Waals surface area contributed by atoms with Crippen LogP contribution in [0.15, 0.2) is 36.4 Å². The normalized spacial score (nSPS) is 18.0. The number of hydrogen-bond donors (Lipinski definition) is 2. The molecular weight excluding hydrogens is 446 g/mol. The van der Waals surface area contributed by atoms with Crippen LogP contribution in [0, 0.1) is 0 Å². The van der Waals surface area contributed by atoms with Crippen LogP contribution in [-0.4, -0.2) is 48.6 Å². The lowest BCUT2D eigenvalue weighted by atomic mass is 9.89. The fraction of sp³-hybridized carbons (Fsp3) is 0.536. The van der Waals surface area contributed by atoms with Gasteiger partial charge in [-0.3, -0.25) is 4.79 Å². The van der Waals surface area contributed by atoms with Crippen molar-refractivity contribution in [3.05, 3.63) is 52.5 Å². The average molecular weight is 484 g/mol. The van der Waals surface area contributed by atoms with Crippen molar-refractivity contribution in [2.75, 3.05) is 42.9 Å². The van der Waals surface area contributed by atoms with Gasteiger partial charge in [0.15, 0.2) is 0 Å². The third-order valence-electron chi connectivity index (χ3n) is 7.42. The van der Waals surface area contributed by atoms with Gasteiger partial charge >= 0.3 is 0 Å². The molecule has 2 aromatic carbocycles. The molecule has 0 atom stereocenters. The summed E-state index contributed by atoms with van der Waals surface area (Å²) in [7, 11) is 0. The largest absolute Gasteiger partial charge is 0.508 e. The van der Waals surface area contributed by atoms with Crippen molar-refractivity contribution in [2.24, 2.45) is 0 Å². The number of halogens is 1. The van der Waals surface area contributed by atoms with E-state index in [2.05, 4.69) is 28.1 Å². The highest BCUT2D eigenvalue weighted by Crippen LogP contribution is 2.37. The number of piperazine rings is 1. The Labute approximate surface area is 209 Å². The Bertz CT molecular complexity index is 964. The van der Waals surface area contributed by atoms with Gasteiger partial charge in [0.05, 0.1) is 10.7 Å². The van der Waals surface area contributed by atoms with Crippen LogP contribution in [0.4, 0.5) is 11.4 Å². The Balaban J connectivity index is 1.32. The zero-order valence-corrected chi connectivity index (χ0v) is 21.1. The molecule has 1 saturated carbocycles. The maximum Gasteiger partial charge on any atom is 0.224 e. The number of carbonyl (C=O) groups is 1. The molecule has 1 heterocycles. The predicted octanol–water partition coefficient (Wildman–Crippen LogP) is 6.20. The van der Waals surface area contributed by atoms with E-state index in [1.807, 2.05) is 24.3 Å². The lowest BCUT2D eigenvalue weighted by Crippen LogP contribution is -2.46. The molecule has 0 unspecified atom stereocenters. The average Bonchev–Trinajstić information content (AvgIpc) is 3.13. The summed E-state index contributed by atoms with van der Waals surface area (Å²) in [6.45, 7) is 7.30. The van der Waals surface area contributed by atoms with Gasteiger partial charge in [0.1, 0.15) is 5.75 Å². The second-order valence-electron chi connectivity index (χ2n) is 9.72. The molecule has 1 aliphatic heterocycles.